The van der Waals surface area contributed by atoms with E-state index in [1.165, 1.54) is 0 Å². The maximum Gasteiger partial charge on any atom is 0.195 e. The topological polar surface area (TPSA) is 35.5 Å². The molecule has 1 aliphatic heterocycles. The Balaban J connectivity index is 1.91. The van der Waals surface area contributed by atoms with Crippen molar-refractivity contribution in [2.45, 2.75) is 31.5 Å². The molecule has 2 aliphatic rings. The number of rotatable bonds is 1. The Labute approximate surface area is 91.3 Å². The van der Waals surface area contributed by atoms with E-state index in [1.54, 1.807) is 0 Å². The Kier molecular flexibility index (Phi) is 2.90. The second-order valence-electron chi connectivity index (χ2n) is 3.69. The van der Waals surface area contributed by atoms with Crippen LogP contribution in [0.4, 0.5) is 0 Å². The summed E-state index contributed by atoms with van der Waals surface area (Å²) in [7, 11) is 0. The van der Waals surface area contributed by atoms with Gasteiger partial charge in [-0.05, 0) is 35.4 Å². The quantitative estimate of drug-likeness (QED) is 0.547. The zero-order valence-corrected chi connectivity index (χ0v) is 9.58. The van der Waals surface area contributed by atoms with Gasteiger partial charge in [0.05, 0.1) is 13.2 Å². The van der Waals surface area contributed by atoms with E-state index in [2.05, 4.69) is 0 Å². The Hall–Kier alpha value is 0.320. The standard InChI is InChI=1S/C9H13IO3/c10-8(11)7-1-3-9(4-2-7)12-5-6-13-9/h7H,1-6H2. The molecule has 0 unspecified atom stereocenters. The van der Waals surface area contributed by atoms with E-state index < -0.39 is 0 Å². The molecule has 0 atom stereocenters. The van der Waals surface area contributed by atoms with E-state index in [9.17, 15) is 4.79 Å². The molecule has 1 saturated heterocycles. The monoisotopic (exact) mass is 296 g/mol. The summed E-state index contributed by atoms with van der Waals surface area (Å²) in [6, 6.07) is 0. The van der Waals surface area contributed by atoms with Crippen LogP contribution in [0.5, 0.6) is 0 Å². The van der Waals surface area contributed by atoms with Gasteiger partial charge in [-0.3, -0.25) is 4.79 Å². The van der Waals surface area contributed by atoms with Gasteiger partial charge in [0.25, 0.3) is 0 Å². The van der Waals surface area contributed by atoms with Crippen molar-refractivity contribution < 1.29 is 14.3 Å². The van der Waals surface area contributed by atoms with Crippen molar-refractivity contribution in [3.05, 3.63) is 0 Å². The van der Waals surface area contributed by atoms with Crippen molar-refractivity contribution in [2.24, 2.45) is 5.92 Å². The Morgan fingerprint density at radius 1 is 1.23 bits per heavy atom. The van der Waals surface area contributed by atoms with Gasteiger partial charge in [0.15, 0.2) is 9.58 Å². The number of hydrogen-bond acceptors (Lipinski definition) is 3. The summed E-state index contributed by atoms with van der Waals surface area (Å²) in [5, 5.41) is 0. The molecule has 3 nitrogen and oxygen atoms in total. The van der Waals surface area contributed by atoms with Gasteiger partial charge in [0.2, 0.25) is 0 Å². The van der Waals surface area contributed by atoms with Crippen molar-refractivity contribution in [1.82, 2.24) is 0 Å². The molecule has 2 rings (SSSR count). The molecule has 1 spiro atoms. The lowest BCUT2D eigenvalue weighted by Crippen LogP contribution is -2.36. The predicted molar refractivity (Wildman–Crippen MR) is 55.6 cm³/mol. The minimum atomic E-state index is -0.317. The third kappa shape index (κ3) is 2.05. The molecule has 0 N–H and O–H groups in total. The summed E-state index contributed by atoms with van der Waals surface area (Å²) < 4.78 is 11.4. The molecule has 1 saturated carbocycles. The van der Waals surface area contributed by atoms with Gasteiger partial charge in [-0.1, -0.05) is 0 Å². The molecule has 4 heteroatoms. The van der Waals surface area contributed by atoms with Gasteiger partial charge >= 0.3 is 0 Å². The molecule has 0 radical (unpaired) electrons. The van der Waals surface area contributed by atoms with Crippen LogP contribution in [-0.4, -0.2) is 22.8 Å². The lowest BCUT2D eigenvalue weighted by molar-refractivity contribution is -0.182. The fourth-order valence-electron chi connectivity index (χ4n) is 2.07. The lowest BCUT2D eigenvalue weighted by atomic mass is 9.86. The Bertz CT molecular complexity index is 201. The minimum absolute atomic E-state index is 0.235. The van der Waals surface area contributed by atoms with Gasteiger partial charge in [0, 0.05) is 18.8 Å². The molecule has 1 heterocycles. The largest absolute Gasteiger partial charge is 0.348 e. The van der Waals surface area contributed by atoms with Crippen molar-refractivity contribution in [3.8, 4) is 0 Å². The van der Waals surface area contributed by atoms with Crippen molar-refractivity contribution in [1.29, 1.82) is 0 Å². The fraction of sp³-hybridized carbons (Fsp3) is 0.889. The first kappa shape index (κ1) is 9.86. The second kappa shape index (κ2) is 3.82. The van der Waals surface area contributed by atoms with Crippen molar-refractivity contribution in [2.75, 3.05) is 13.2 Å². The predicted octanol–water partition coefficient (Wildman–Crippen LogP) is 1.88. The highest BCUT2D eigenvalue weighted by Gasteiger charge is 2.41. The van der Waals surface area contributed by atoms with Gasteiger partial charge in [0.1, 0.15) is 0 Å². The number of halogens is 1. The van der Waals surface area contributed by atoms with Crippen LogP contribution in [0.15, 0.2) is 0 Å². The maximum absolute atomic E-state index is 11.1. The van der Waals surface area contributed by atoms with Crippen LogP contribution in [0, 0.1) is 5.92 Å². The van der Waals surface area contributed by atoms with E-state index in [0.29, 0.717) is 13.2 Å². The van der Waals surface area contributed by atoms with Crippen molar-refractivity contribution >= 4 is 26.4 Å². The molecular weight excluding hydrogens is 283 g/mol. The Morgan fingerprint density at radius 3 is 2.23 bits per heavy atom. The summed E-state index contributed by atoms with van der Waals surface area (Å²) in [4.78, 5) is 11.1. The van der Waals surface area contributed by atoms with E-state index in [4.69, 9.17) is 9.47 Å². The normalized spacial score (nSPS) is 28.1. The molecule has 13 heavy (non-hydrogen) atoms. The van der Waals surface area contributed by atoms with E-state index in [0.717, 1.165) is 25.7 Å². The third-order valence-corrected chi connectivity index (χ3v) is 3.76. The fourth-order valence-corrected chi connectivity index (χ4v) is 2.69. The average molecular weight is 296 g/mol. The first-order chi connectivity index (χ1) is 6.22. The summed E-state index contributed by atoms with van der Waals surface area (Å²) >= 11 is 1.89. The van der Waals surface area contributed by atoms with Crippen LogP contribution in [-0.2, 0) is 14.3 Å². The van der Waals surface area contributed by atoms with Crippen LogP contribution in [0.1, 0.15) is 25.7 Å². The maximum atomic E-state index is 11.1. The molecule has 0 bridgehead atoms. The summed E-state index contributed by atoms with van der Waals surface area (Å²) in [6.45, 7) is 1.42. The number of carbonyl (C=O) groups excluding carboxylic acids is 1. The summed E-state index contributed by atoms with van der Waals surface area (Å²) in [5.74, 6) is -0.0817. The summed E-state index contributed by atoms with van der Waals surface area (Å²) in [5.41, 5.74) is 0. The minimum Gasteiger partial charge on any atom is -0.348 e. The van der Waals surface area contributed by atoms with Crippen molar-refractivity contribution in [3.63, 3.8) is 0 Å². The highest BCUT2D eigenvalue weighted by atomic mass is 127. The van der Waals surface area contributed by atoms with Crippen LogP contribution < -0.4 is 0 Å². The molecule has 0 amide bonds. The first-order valence-corrected chi connectivity index (χ1v) is 5.77. The highest BCUT2D eigenvalue weighted by molar-refractivity contribution is 14.1. The number of carbonyl (C=O) groups is 1. The molecular formula is C9H13IO3. The first-order valence-electron chi connectivity index (χ1n) is 4.69. The van der Waals surface area contributed by atoms with Gasteiger partial charge < -0.3 is 9.47 Å². The average Bonchev–Trinajstić information content (AvgIpc) is 2.54. The molecule has 74 valence electrons. The number of hydrogen-bond donors (Lipinski definition) is 0. The van der Waals surface area contributed by atoms with Gasteiger partial charge in [-0.25, -0.2) is 0 Å². The lowest BCUT2D eigenvalue weighted by Gasteiger charge is -2.34. The van der Waals surface area contributed by atoms with Crippen LogP contribution in [0.2, 0.25) is 0 Å². The third-order valence-electron chi connectivity index (χ3n) is 2.88. The van der Waals surface area contributed by atoms with E-state index in [-0.39, 0.29) is 15.5 Å². The molecule has 0 aromatic rings. The number of ether oxygens (including phenoxy) is 2. The SMILES string of the molecule is O=C(I)C1CCC2(CC1)OCCO2. The molecule has 0 aromatic carbocycles. The molecule has 1 aliphatic carbocycles. The second-order valence-corrected chi connectivity index (χ2v) is 4.75. The zero-order valence-electron chi connectivity index (χ0n) is 7.42. The van der Waals surface area contributed by atoms with Crippen LogP contribution in [0.25, 0.3) is 0 Å². The van der Waals surface area contributed by atoms with Gasteiger partial charge in [-0.15, -0.1) is 0 Å². The van der Waals surface area contributed by atoms with Gasteiger partial charge in [-0.2, -0.15) is 0 Å². The highest BCUT2D eigenvalue weighted by Crippen LogP contribution is 2.39. The summed E-state index contributed by atoms with van der Waals surface area (Å²) in [6.07, 6.45) is 3.60. The van der Waals surface area contributed by atoms with E-state index >= 15 is 0 Å². The zero-order chi connectivity index (χ0) is 9.31. The molecule has 0 aromatic heterocycles. The molecule has 2 fully saturated rings. The Morgan fingerprint density at radius 2 is 1.77 bits per heavy atom. The van der Waals surface area contributed by atoms with E-state index in [1.807, 2.05) is 22.6 Å². The smallest absolute Gasteiger partial charge is 0.195 e. The van der Waals surface area contributed by atoms with Crippen LogP contribution in [0.3, 0.4) is 0 Å². The van der Waals surface area contributed by atoms with Crippen LogP contribution >= 0.6 is 22.6 Å².